The molecular weight excluding hydrogens is 388 g/mol. The number of aliphatic hydroxyl groups is 1. The van der Waals surface area contributed by atoms with E-state index in [9.17, 15) is 10.4 Å². The van der Waals surface area contributed by atoms with Crippen LogP contribution in [-0.2, 0) is 0 Å². The summed E-state index contributed by atoms with van der Waals surface area (Å²) in [4.78, 5) is 11.8. The number of aromatic nitrogens is 5. The second kappa shape index (κ2) is 8.08. The average molecular weight is 404 g/mol. The second-order valence-electron chi connectivity index (χ2n) is 6.02. The lowest BCUT2D eigenvalue weighted by atomic mass is 10.2. The molecule has 0 saturated heterocycles. The minimum Gasteiger partial charge on any atom is -0.510 e. The third-order valence-electron chi connectivity index (χ3n) is 4.19. The molecule has 0 aliphatic heterocycles. The van der Waals surface area contributed by atoms with Crippen LogP contribution in [0.25, 0.3) is 28.0 Å². The van der Waals surface area contributed by atoms with Crippen molar-refractivity contribution in [3.8, 4) is 23.2 Å². The van der Waals surface area contributed by atoms with Gasteiger partial charge in [-0.25, -0.2) is 9.97 Å². The zero-order valence-electron chi connectivity index (χ0n) is 15.4. The lowest BCUT2D eigenvalue weighted by Gasteiger charge is -2.01. The molecule has 0 bridgehead atoms. The monoisotopic (exact) mass is 404 g/mol. The number of nitriles is 1. The Bertz CT molecular complexity index is 1190. The van der Waals surface area contributed by atoms with Gasteiger partial charge in [0.05, 0.1) is 23.9 Å². The summed E-state index contributed by atoms with van der Waals surface area (Å²) < 4.78 is 5.15. The van der Waals surface area contributed by atoms with Gasteiger partial charge < -0.3 is 14.8 Å². The number of aromatic amines is 2. The number of aliphatic hydroxyl groups excluding tert-OH is 1. The average Bonchev–Trinajstić information content (AvgIpc) is 3.40. The normalized spacial score (nSPS) is 11.9. The van der Waals surface area contributed by atoms with Gasteiger partial charge in [-0.2, -0.15) is 5.26 Å². The molecular formula is C20H16N6O2S. The number of methoxy groups -OCH3 is 1. The zero-order valence-corrected chi connectivity index (χ0v) is 16.2. The summed E-state index contributed by atoms with van der Waals surface area (Å²) >= 11 is 1.22. The van der Waals surface area contributed by atoms with Gasteiger partial charge in [0.1, 0.15) is 23.2 Å². The van der Waals surface area contributed by atoms with Gasteiger partial charge in [0.2, 0.25) is 5.16 Å². The first kappa shape index (κ1) is 18.6. The zero-order chi connectivity index (χ0) is 20.2. The van der Waals surface area contributed by atoms with Gasteiger partial charge in [-0.05, 0) is 36.4 Å². The number of fused-ring (bicyclic) bond motifs is 1. The van der Waals surface area contributed by atoms with E-state index in [2.05, 4.69) is 25.1 Å². The molecule has 3 N–H and O–H groups in total. The van der Waals surface area contributed by atoms with Crippen LogP contribution in [0.5, 0.6) is 5.75 Å². The molecule has 0 aliphatic carbocycles. The van der Waals surface area contributed by atoms with Crippen molar-refractivity contribution in [1.29, 1.82) is 5.26 Å². The standard InChI is InChI=1S/C20H16N6O2S/c1-28-13-8-6-12(7-9-13)18-24-20(26-25-18)29-11-17(27)14(10-21)19-22-15-4-2-3-5-16(15)23-19/h2-9,27H,11H2,1H3,(H,22,23)(H,24,25,26)/b17-14-. The quantitative estimate of drug-likeness (QED) is 0.253. The molecule has 4 rings (SSSR count). The number of ether oxygens (including phenoxy) is 1. The first-order valence-corrected chi connectivity index (χ1v) is 9.63. The Kier molecular flexibility index (Phi) is 5.18. The summed E-state index contributed by atoms with van der Waals surface area (Å²) in [6.45, 7) is 0. The van der Waals surface area contributed by atoms with Gasteiger partial charge in [-0.15, -0.1) is 5.10 Å². The molecule has 2 heterocycles. The Morgan fingerprint density at radius 3 is 2.69 bits per heavy atom. The molecule has 0 amide bonds. The number of nitrogens with zero attached hydrogens (tertiary/aromatic N) is 4. The van der Waals surface area contributed by atoms with Gasteiger partial charge in [0.15, 0.2) is 11.6 Å². The van der Waals surface area contributed by atoms with Crippen LogP contribution in [0, 0.1) is 11.3 Å². The molecule has 2 aromatic carbocycles. The van der Waals surface area contributed by atoms with Crippen LogP contribution in [0.3, 0.4) is 0 Å². The van der Waals surface area contributed by atoms with E-state index in [1.54, 1.807) is 7.11 Å². The Balaban J connectivity index is 1.50. The topological polar surface area (TPSA) is 124 Å². The lowest BCUT2D eigenvalue weighted by molar-refractivity contribution is 0.415. The van der Waals surface area contributed by atoms with Gasteiger partial charge in [0, 0.05) is 5.56 Å². The molecule has 144 valence electrons. The summed E-state index contributed by atoms with van der Waals surface area (Å²) in [6.07, 6.45) is 0. The van der Waals surface area contributed by atoms with Crippen LogP contribution >= 0.6 is 11.8 Å². The van der Waals surface area contributed by atoms with Gasteiger partial charge in [-0.3, -0.25) is 5.10 Å². The number of H-pyrrole nitrogens is 2. The third kappa shape index (κ3) is 3.93. The summed E-state index contributed by atoms with van der Waals surface area (Å²) in [5.41, 5.74) is 2.49. The van der Waals surface area contributed by atoms with Crippen molar-refractivity contribution in [2.24, 2.45) is 0 Å². The Hall–Kier alpha value is -3.77. The highest BCUT2D eigenvalue weighted by Gasteiger charge is 2.15. The lowest BCUT2D eigenvalue weighted by Crippen LogP contribution is -1.95. The Morgan fingerprint density at radius 1 is 1.17 bits per heavy atom. The predicted molar refractivity (Wildman–Crippen MR) is 110 cm³/mol. The fraction of sp³-hybridized carbons (Fsp3) is 0.100. The second-order valence-corrected chi connectivity index (χ2v) is 6.96. The van der Waals surface area contributed by atoms with Crippen molar-refractivity contribution in [1.82, 2.24) is 25.1 Å². The van der Waals surface area contributed by atoms with E-state index >= 15 is 0 Å². The minimum absolute atomic E-state index is 0.0904. The summed E-state index contributed by atoms with van der Waals surface area (Å²) in [5, 5.41) is 27.4. The molecule has 29 heavy (non-hydrogen) atoms. The molecule has 0 radical (unpaired) electrons. The highest BCUT2D eigenvalue weighted by molar-refractivity contribution is 7.99. The Labute approximate surface area is 170 Å². The maximum atomic E-state index is 10.4. The summed E-state index contributed by atoms with van der Waals surface area (Å²) in [5.74, 6) is 1.75. The highest BCUT2D eigenvalue weighted by atomic mass is 32.2. The number of imidazole rings is 1. The number of nitrogens with one attached hydrogen (secondary N) is 2. The molecule has 0 saturated carbocycles. The van der Waals surface area contributed by atoms with Crippen molar-refractivity contribution >= 4 is 28.4 Å². The number of hydrogen-bond donors (Lipinski definition) is 3. The van der Waals surface area contributed by atoms with Crippen molar-refractivity contribution in [2.45, 2.75) is 5.16 Å². The van der Waals surface area contributed by atoms with E-state index in [0.29, 0.717) is 16.8 Å². The van der Waals surface area contributed by atoms with Crippen molar-refractivity contribution < 1.29 is 9.84 Å². The molecule has 2 aromatic heterocycles. The molecule has 9 heteroatoms. The van der Waals surface area contributed by atoms with E-state index in [1.807, 2.05) is 54.6 Å². The van der Waals surface area contributed by atoms with E-state index in [4.69, 9.17) is 4.74 Å². The predicted octanol–water partition coefficient (Wildman–Crippen LogP) is 3.94. The minimum atomic E-state index is -0.0904. The van der Waals surface area contributed by atoms with Crippen molar-refractivity contribution in [2.75, 3.05) is 12.9 Å². The molecule has 0 atom stereocenters. The molecule has 4 aromatic rings. The molecule has 8 nitrogen and oxygen atoms in total. The smallest absolute Gasteiger partial charge is 0.209 e. The number of para-hydroxylation sites is 2. The van der Waals surface area contributed by atoms with Gasteiger partial charge in [-0.1, -0.05) is 23.9 Å². The fourth-order valence-corrected chi connectivity index (χ4v) is 3.40. The third-order valence-corrected chi connectivity index (χ3v) is 5.05. The van der Waals surface area contributed by atoms with Crippen LogP contribution < -0.4 is 4.74 Å². The number of benzene rings is 2. The largest absolute Gasteiger partial charge is 0.510 e. The van der Waals surface area contributed by atoms with E-state index in [1.165, 1.54) is 11.8 Å². The first-order valence-electron chi connectivity index (χ1n) is 8.65. The number of allylic oxidation sites excluding steroid dienone is 1. The van der Waals surface area contributed by atoms with E-state index in [-0.39, 0.29) is 17.1 Å². The van der Waals surface area contributed by atoms with Gasteiger partial charge in [0.25, 0.3) is 0 Å². The number of rotatable bonds is 6. The number of thioether (sulfide) groups is 1. The molecule has 0 aliphatic rings. The van der Waals surface area contributed by atoms with Gasteiger partial charge >= 0.3 is 0 Å². The first-order chi connectivity index (χ1) is 14.2. The summed E-state index contributed by atoms with van der Waals surface area (Å²) in [6, 6.07) is 16.9. The van der Waals surface area contributed by atoms with Crippen molar-refractivity contribution in [3.05, 3.63) is 60.1 Å². The molecule has 0 spiro atoms. The summed E-state index contributed by atoms with van der Waals surface area (Å²) in [7, 11) is 1.61. The van der Waals surface area contributed by atoms with Crippen molar-refractivity contribution in [3.63, 3.8) is 0 Å². The van der Waals surface area contributed by atoms with Crippen LogP contribution in [0.1, 0.15) is 5.82 Å². The van der Waals surface area contributed by atoms with Crippen LogP contribution in [0.4, 0.5) is 0 Å². The van der Waals surface area contributed by atoms with Crippen LogP contribution in [-0.4, -0.2) is 43.1 Å². The fourth-order valence-electron chi connectivity index (χ4n) is 2.72. The Morgan fingerprint density at radius 2 is 1.97 bits per heavy atom. The highest BCUT2D eigenvalue weighted by Crippen LogP contribution is 2.25. The molecule has 0 unspecified atom stereocenters. The van der Waals surface area contributed by atoms with Crippen LogP contribution in [0.2, 0.25) is 0 Å². The van der Waals surface area contributed by atoms with E-state index in [0.717, 1.165) is 22.3 Å². The van der Waals surface area contributed by atoms with Crippen LogP contribution in [0.15, 0.2) is 59.4 Å². The number of hydrogen-bond acceptors (Lipinski definition) is 7. The van der Waals surface area contributed by atoms with E-state index < -0.39 is 0 Å². The SMILES string of the molecule is COc1ccc(-c2nc(SC/C(O)=C(\C#N)c3nc4ccccc4[nH]3)n[nH]2)cc1. The maximum absolute atomic E-state index is 10.4. The molecule has 0 fully saturated rings. The maximum Gasteiger partial charge on any atom is 0.209 e.